The fourth-order valence-corrected chi connectivity index (χ4v) is 9.87. The van der Waals surface area contributed by atoms with Gasteiger partial charge in [0.15, 0.2) is 0 Å². The van der Waals surface area contributed by atoms with Crippen LogP contribution in [0.1, 0.15) is 22.3 Å². The van der Waals surface area contributed by atoms with E-state index in [1.165, 1.54) is 130 Å². The standard InChI is InChI=1S/C50H34/c1-27-41-25-35-13-5-6-14-36(35)26-42(41)28(2)44-30(4)46-40-24-22-34-20-18-32-12-8-10-16-38(32)48(34)50(40)49-39(45(46)29(3)43(27)44)23-21-33-19-17-31-11-7-9-15-37(31)47(33)49/h5-26H,1-4H3. The summed E-state index contributed by atoms with van der Waals surface area (Å²) in [4.78, 5) is 0. The average molecular weight is 635 g/mol. The maximum absolute atomic E-state index is 2.42. The fraction of sp³-hybridized carbons (Fsp3) is 0.0800. The van der Waals surface area contributed by atoms with Crippen LogP contribution in [0.4, 0.5) is 0 Å². The Morgan fingerprint density at radius 2 is 0.580 bits per heavy atom. The summed E-state index contributed by atoms with van der Waals surface area (Å²) in [5.74, 6) is 0. The van der Waals surface area contributed by atoms with Crippen LogP contribution in [0.15, 0.2) is 133 Å². The van der Waals surface area contributed by atoms with Gasteiger partial charge < -0.3 is 0 Å². The third kappa shape index (κ3) is 3.46. The second kappa shape index (κ2) is 9.80. The molecule has 0 nitrogen and oxygen atoms in total. The Balaban J connectivity index is 1.50. The number of aryl methyl sites for hydroxylation is 4. The Morgan fingerprint density at radius 3 is 1.02 bits per heavy atom. The molecule has 0 fully saturated rings. The molecule has 0 saturated heterocycles. The van der Waals surface area contributed by atoms with Gasteiger partial charge in [-0.3, -0.25) is 0 Å². The van der Waals surface area contributed by atoms with Crippen LogP contribution in [0.3, 0.4) is 0 Å². The molecule has 0 saturated carbocycles. The minimum absolute atomic E-state index is 1.28. The van der Waals surface area contributed by atoms with Gasteiger partial charge in [-0.2, -0.15) is 0 Å². The quantitative estimate of drug-likeness (QED) is 0.115. The van der Waals surface area contributed by atoms with Crippen molar-refractivity contribution in [2.75, 3.05) is 0 Å². The molecule has 234 valence electrons. The highest BCUT2D eigenvalue weighted by Gasteiger charge is 2.23. The molecular weight excluding hydrogens is 601 g/mol. The highest BCUT2D eigenvalue weighted by molar-refractivity contribution is 6.42. The molecule has 0 N–H and O–H groups in total. The van der Waals surface area contributed by atoms with E-state index in [0.29, 0.717) is 0 Å². The van der Waals surface area contributed by atoms with Crippen molar-refractivity contribution >= 4 is 108 Å². The predicted molar refractivity (Wildman–Crippen MR) is 220 cm³/mol. The van der Waals surface area contributed by atoms with Crippen LogP contribution >= 0.6 is 0 Å². The second-order valence-electron chi connectivity index (χ2n) is 14.5. The largest absolute Gasteiger partial charge is 0.0616 e. The highest BCUT2D eigenvalue weighted by atomic mass is 14.3. The lowest BCUT2D eigenvalue weighted by Crippen LogP contribution is -1.98. The molecule has 0 heterocycles. The van der Waals surface area contributed by atoms with E-state index in [-0.39, 0.29) is 0 Å². The van der Waals surface area contributed by atoms with Gasteiger partial charge in [0, 0.05) is 0 Å². The zero-order chi connectivity index (χ0) is 33.4. The fourth-order valence-electron chi connectivity index (χ4n) is 9.87. The van der Waals surface area contributed by atoms with E-state index < -0.39 is 0 Å². The number of benzene rings is 11. The summed E-state index contributed by atoms with van der Waals surface area (Å²) in [5, 5.41) is 26.8. The van der Waals surface area contributed by atoms with Gasteiger partial charge in [0.1, 0.15) is 0 Å². The molecule has 0 radical (unpaired) electrons. The number of fused-ring (bicyclic) bond motifs is 17. The van der Waals surface area contributed by atoms with Gasteiger partial charge in [-0.1, -0.05) is 121 Å². The molecule has 50 heavy (non-hydrogen) atoms. The summed E-state index contributed by atoms with van der Waals surface area (Å²) in [7, 11) is 0. The molecule has 0 spiro atoms. The normalized spacial score (nSPS) is 12.4. The number of hydrogen-bond acceptors (Lipinski definition) is 0. The summed E-state index contributed by atoms with van der Waals surface area (Å²) < 4.78 is 0. The minimum Gasteiger partial charge on any atom is -0.0616 e. The van der Waals surface area contributed by atoms with Gasteiger partial charge in [-0.15, -0.1) is 0 Å². The van der Waals surface area contributed by atoms with Crippen molar-refractivity contribution in [1.29, 1.82) is 0 Å². The van der Waals surface area contributed by atoms with Crippen molar-refractivity contribution < 1.29 is 0 Å². The van der Waals surface area contributed by atoms with Crippen molar-refractivity contribution in [3.63, 3.8) is 0 Å². The van der Waals surface area contributed by atoms with Crippen LogP contribution < -0.4 is 0 Å². The van der Waals surface area contributed by atoms with Crippen LogP contribution in [-0.4, -0.2) is 0 Å². The molecule has 11 aromatic carbocycles. The molecule has 0 aliphatic carbocycles. The molecule has 11 rings (SSSR count). The third-order valence-corrected chi connectivity index (χ3v) is 12.1. The third-order valence-electron chi connectivity index (χ3n) is 12.1. The summed E-state index contributed by atoms with van der Waals surface area (Å²) in [5.41, 5.74) is 5.50. The molecule has 0 atom stereocenters. The van der Waals surface area contributed by atoms with Crippen LogP contribution in [0.2, 0.25) is 0 Å². The molecular formula is C50H34. The zero-order valence-corrected chi connectivity index (χ0v) is 28.7. The smallest absolute Gasteiger partial charge is 0.000753 e. The van der Waals surface area contributed by atoms with E-state index in [9.17, 15) is 0 Å². The summed E-state index contributed by atoms with van der Waals surface area (Å²) >= 11 is 0. The van der Waals surface area contributed by atoms with Gasteiger partial charge in [-0.25, -0.2) is 0 Å². The molecule has 0 aliphatic rings. The van der Waals surface area contributed by atoms with E-state index in [4.69, 9.17) is 0 Å². The van der Waals surface area contributed by atoms with Gasteiger partial charge in [0.05, 0.1) is 0 Å². The van der Waals surface area contributed by atoms with Crippen LogP contribution in [-0.2, 0) is 0 Å². The first-order valence-electron chi connectivity index (χ1n) is 17.8. The maximum Gasteiger partial charge on any atom is -0.000753 e. The summed E-state index contributed by atoms with van der Waals surface area (Å²) in [6, 6.07) is 50.3. The Bertz CT molecular complexity index is 3120. The summed E-state index contributed by atoms with van der Waals surface area (Å²) in [6.07, 6.45) is 0. The van der Waals surface area contributed by atoms with Crippen LogP contribution in [0.5, 0.6) is 0 Å². The monoisotopic (exact) mass is 634 g/mol. The number of hydrogen-bond donors (Lipinski definition) is 0. The van der Waals surface area contributed by atoms with Gasteiger partial charge >= 0.3 is 0 Å². The van der Waals surface area contributed by atoms with Crippen molar-refractivity contribution in [2.24, 2.45) is 0 Å². The topological polar surface area (TPSA) is 0 Å². The maximum atomic E-state index is 2.42. The van der Waals surface area contributed by atoms with Crippen LogP contribution in [0, 0.1) is 27.7 Å². The first kappa shape index (κ1) is 27.9. The summed E-state index contributed by atoms with van der Waals surface area (Å²) in [6.45, 7) is 9.47. The van der Waals surface area contributed by atoms with Gasteiger partial charge in [0.2, 0.25) is 0 Å². The lowest BCUT2D eigenvalue weighted by molar-refractivity contribution is 1.46. The molecule has 0 heteroatoms. The zero-order valence-electron chi connectivity index (χ0n) is 28.7. The lowest BCUT2D eigenvalue weighted by atomic mass is 9.80. The SMILES string of the molecule is Cc1c2cc3ccccc3cc2c(C)c2c(C)c3c4ccc5ccc6ccccc6c5c4c4c(ccc5ccc6ccccc6c54)c3c(C)c12. The van der Waals surface area contributed by atoms with Crippen molar-refractivity contribution in [1.82, 2.24) is 0 Å². The van der Waals surface area contributed by atoms with Gasteiger partial charge in [-0.05, 0) is 170 Å². The van der Waals surface area contributed by atoms with E-state index in [0.717, 1.165) is 0 Å². The molecule has 11 aromatic rings. The molecule has 0 bridgehead atoms. The lowest BCUT2D eigenvalue weighted by Gasteiger charge is -2.23. The van der Waals surface area contributed by atoms with Crippen LogP contribution in [0.25, 0.3) is 108 Å². The Labute approximate surface area is 290 Å². The molecule has 0 aromatic heterocycles. The second-order valence-corrected chi connectivity index (χ2v) is 14.5. The molecule has 0 amide bonds. The highest BCUT2D eigenvalue weighted by Crippen LogP contribution is 2.50. The Hall–Kier alpha value is -5.98. The van der Waals surface area contributed by atoms with E-state index in [1.54, 1.807) is 0 Å². The molecule has 0 unspecified atom stereocenters. The first-order chi connectivity index (χ1) is 24.5. The average Bonchev–Trinajstić information content (AvgIpc) is 3.16. The van der Waals surface area contributed by atoms with E-state index in [2.05, 4.69) is 161 Å². The minimum atomic E-state index is 1.28. The first-order valence-corrected chi connectivity index (χ1v) is 17.8. The van der Waals surface area contributed by atoms with E-state index in [1.807, 2.05) is 0 Å². The Morgan fingerprint density at radius 1 is 0.220 bits per heavy atom. The van der Waals surface area contributed by atoms with Crippen molar-refractivity contribution in [2.45, 2.75) is 27.7 Å². The molecule has 0 aliphatic heterocycles. The van der Waals surface area contributed by atoms with Crippen molar-refractivity contribution in [3.8, 4) is 0 Å². The van der Waals surface area contributed by atoms with Gasteiger partial charge in [0.25, 0.3) is 0 Å². The van der Waals surface area contributed by atoms with Crippen molar-refractivity contribution in [3.05, 3.63) is 156 Å². The predicted octanol–water partition coefficient (Wildman–Crippen LogP) is 14.5. The number of rotatable bonds is 0. The Kier molecular flexibility index (Phi) is 5.47. The van der Waals surface area contributed by atoms with E-state index >= 15 is 0 Å².